The number of para-hydroxylation sites is 1. The van der Waals surface area contributed by atoms with Crippen LogP contribution in [0, 0.1) is 0 Å². The highest BCUT2D eigenvalue weighted by Crippen LogP contribution is 2.11. The smallest absolute Gasteiger partial charge is 0.287 e. The summed E-state index contributed by atoms with van der Waals surface area (Å²) in [7, 11) is 0. The average molecular weight is 301 g/mol. The molecular formula is C18H23NO3. The summed E-state index contributed by atoms with van der Waals surface area (Å²) >= 11 is 0. The zero-order chi connectivity index (χ0) is 15.8. The SMILES string of the molecule is CCCCCCCCNC(=O)c1cc(=O)c2ccccc2o1. The van der Waals surface area contributed by atoms with Gasteiger partial charge in [0, 0.05) is 12.6 Å². The van der Waals surface area contributed by atoms with Crippen molar-refractivity contribution in [2.24, 2.45) is 0 Å². The Morgan fingerprint density at radius 3 is 2.64 bits per heavy atom. The highest BCUT2D eigenvalue weighted by Gasteiger charge is 2.11. The van der Waals surface area contributed by atoms with E-state index in [-0.39, 0.29) is 17.1 Å². The van der Waals surface area contributed by atoms with E-state index in [1.807, 2.05) is 0 Å². The predicted molar refractivity (Wildman–Crippen MR) is 88.2 cm³/mol. The fourth-order valence-corrected chi connectivity index (χ4v) is 2.41. The van der Waals surface area contributed by atoms with Crippen LogP contribution in [0.1, 0.15) is 56.0 Å². The summed E-state index contributed by atoms with van der Waals surface area (Å²) in [5, 5.41) is 3.31. The standard InChI is InChI=1S/C18H23NO3/c1-2-3-4-5-6-9-12-19-18(21)17-13-15(20)14-10-7-8-11-16(14)22-17/h7-8,10-11,13H,2-6,9,12H2,1H3,(H,19,21). The molecule has 22 heavy (non-hydrogen) atoms. The molecule has 1 aromatic carbocycles. The summed E-state index contributed by atoms with van der Waals surface area (Å²) in [4.78, 5) is 24.0. The van der Waals surface area contributed by atoms with E-state index in [2.05, 4.69) is 12.2 Å². The Morgan fingerprint density at radius 2 is 1.82 bits per heavy atom. The number of rotatable bonds is 8. The number of hydrogen-bond acceptors (Lipinski definition) is 3. The predicted octanol–water partition coefficient (Wildman–Crippen LogP) is 3.88. The van der Waals surface area contributed by atoms with E-state index in [4.69, 9.17) is 4.42 Å². The van der Waals surface area contributed by atoms with Crippen LogP contribution < -0.4 is 10.7 Å². The molecule has 1 aromatic heterocycles. The topological polar surface area (TPSA) is 59.3 Å². The van der Waals surface area contributed by atoms with Gasteiger partial charge in [0.05, 0.1) is 5.39 Å². The first-order valence-electron chi connectivity index (χ1n) is 8.03. The summed E-state index contributed by atoms with van der Waals surface area (Å²) in [6.45, 7) is 2.80. The van der Waals surface area contributed by atoms with Gasteiger partial charge in [-0.3, -0.25) is 9.59 Å². The first-order chi connectivity index (χ1) is 10.7. The van der Waals surface area contributed by atoms with Crippen molar-refractivity contribution < 1.29 is 9.21 Å². The summed E-state index contributed by atoms with van der Waals surface area (Å²) in [5.41, 5.74) is 0.256. The highest BCUT2D eigenvalue weighted by molar-refractivity contribution is 5.93. The van der Waals surface area contributed by atoms with Crippen molar-refractivity contribution in [1.82, 2.24) is 5.32 Å². The minimum Gasteiger partial charge on any atom is -0.451 e. The van der Waals surface area contributed by atoms with Gasteiger partial charge in [0.15, 0.2) is 11.2 Å². The highest BCUT2D eigenvalue weighted by atomic mass is 16.3. The van der Waals surface area contributed by atoms with Crippen LogP contribution in [-0.4, -0.2) is 12.5 Å². The number of carbonyl (C=O) groups excluding carboxylic acids is 1. The zero-order valence-corrected chi connectivity index (χ0v) is 13.1. The maximum atomic E-state index is 12.0. The van der Waals surface area contributed by atoms with Gasteiger partial charge in [0.25, 0.3) is 5.91 Å². The molecule has 0 aliphatic rings. The molecule has 1 heterocycles. The molecule has 2 rings (SSSR count). The van der Waals surface area contributed by atoms with Crippen LogP contribution in [0.4, 0.5) is 0 Å². The van der Waals surface area contributed by atoms with Gasteiger partial charge in [-0.2, -0.15) is 0 Å². The van der Waals surface area contributed by atoms with Gasteiger partial charge < -0.3 is 9.73 Å². The second-order valence-electron chi connectivity index (χ2n) is 5.49. The van der Waals surface area contributed by atoms with Gasteiger partial charge in [-0.25, -0.2) is 0 Å². The van der Waals surface area contributed by atoms with Crippen LogP contribution in [0.25, 0.3) is 11.0 Å². The van der Waals surface area contributed by atoms with Gasteiger partial charge in [-0.1, -0.05) is 51.2 Å². The number of unbranched alkanes of at least 4 members (excludes halogenated alkanes) is 5. The number of benzene rings is 1. The molecular weight excluding hydrogens is 278 g/mol. The molecule has 0 aliphatic heterocycles. The summed E-state index contributed by atoms with van der Waals surface area (Å²) < 4.78 is 5.50. The third-order valence-electron chi connectivity index (χ3n) is 3.67. The van der Waals surface area contributed by atoms with Crippen molar-refractivity contribution >= 4 is 16.9 Å². The second-order valence-corrected chi connectivity index (χ2v) is 5.49. The Bertz CT molecular complexity index is 675. The van der Waals surface area contributed by atoms with Crippen molar-refractivity contribution in [2.45, 2.75) is 45.4 Å². The van der Waals surface area contributed by atoms with Gasteiger partial charge >= 0.3 is 0 Å². The summed E-state index contributed by atoms with van der Waals surface area (Å²) in [5.74, 6) is -0.244. The van der Waals surface area contributed by atoms with E-state index in [0.29, 0.717) is 17.5 Å². The first kappa shape index (κ1) is 16.3. The van der Waals surface area contributed by atoms with E-state index in [1.54, 1.807) is 24.3 Å². The lowest BCUT2D eigenvalue weighted by Crippen LogP contribution is -2.25. The van der Waals surface area contributed by atoms with Crippen molar-refractivity contribution in [3.63, 3.8) is 0 Å². The normalized spacial score (nSPS) is 10.8. The molecule has 0 aliphatic carbocycles. The van der Waals surface area contributed by atoms with Gasteiger partial charge in [-0.15, -0.1) is 0 Å². The summed E-state index contributed by atoms with van der Waals surface area (Å²) in [6, 6.07) is 8.21. The van der Waals surface area contributed by atoms with Crippen LogP contribution in [0.5, 0.6) is 0 Å². The quantitative estimate of drug-likeness (QED) is 0.753. The number of amides is 1. The van der Waals surface area contributed by atoms with Crippen molar-refractivity contribution in [2.75, 3.05) is 6.54 Å². The molecule has 1 N–H and O–H groups in total. The minimum absolute atomic E-state index is 0.0784. The molecule has 0 saturated heterocycles. The second kappa shape index (κ2) is 8.37. The number of nitrogens with one attached hydrogen (secondary N) is 1. The Kier molecular flexibility index (Phi) is 6.19. The maximum absolute atomic E-state index is 12.0. The van der Waals surface area contributed by atoms with Crippen LogP contribution >= 0.6 is 0 Å². The first-order valence-corrected chi connectivity index (χ1v) is 8.03. The Balaban J connectivity index is 1.86. The van der Waals surface area contributed by atoms with E-state index in [9.17, 15) is 9.59 Å². The largest absolute Gasteiger partial charge is 0.451 e. The third-order valence-corrected chi connectivity index (χ3v) is 3.67. The Hall–Kier alpha value is -2.10. The molecule has 0 saturated carbocycles. The van der Waals surface area contributed by atoms with Crippen molar-refractivity contribution in [1.29, 1.82) is 0 Å². The molecule has 4 nitrogen and oxygen atoms in total. The molecule has 118 valence electrons. The lowest BCUT2D eigenvalue weighted by Gasteiger charge is -2.05. The molecule has 0 unspecified atom stereocenters. The van der Waals surface area contributed by atoms with Crippen LogP contribution in [0.15, 0.2) is 39.5 Å². The Morgan fingerprint density at radius 1 is 1.09 bits per heavy atom. The lowest BCUT2D eigenvalue weighted by molar-refractivity contribution is 0.0926. The Labute approximate surface area is 130 Å². The van der Waals surface area contributed by atoms with Gasteiger partial charge in [0.1, 0.15) is 5.58 Å². The van der Waals surface area contributed by atoms with Crippen molar-refractivity contribution in [3.05, 3.63) is 46.3 Å². The van der Waals surface area contributed by atoms with E-state index in [0.717, 1.165) is 12.8 Å². The zero-order valence-electron chi connectivity index (χ0n) is 13.1. The van der Waals surface area contributed by atoms with Crippen LogP contribution in [-0.2, 0) is 0 Å². The molecule has 0 fully saturated rings. The summed E-state index contributed by atoms with van der Waals surface area (Å²) in [6.07, 6.45) is 7.03. The monoisotopic (exact) mass is 301 g/mol. The minimum atomic E-state index is -0.323. The third kappa shape index (κ3) is 4.45. The number of hydrogen-bond donors (Lipinski definition) is 1. The molecule has 0 radical (unpaired) electrons. The number of fused-ring (bicyclic) bond motifs is 1. The van der Waals surface area contributed by atoms with Crippen LogP contribution in [0.3, 0.4) is 0 Å². The van der Waals surface area contributed by atoms with E-state index in [1.165, 1.54) is 31.7 Å². The van der Waals surface area contributed by atoms with Gasteiger partial charge in [-0.05, 0) is 18.6 Å². The van der Waals surface area contributed by atoms with Crippen molar-refractivity contribution in [3.8, 4) is 0 Å². The van der Waals surface area contributed by atoms with Gasteiger partial charge in [0.2, 0.25) is 0 Å². The molecule has 4 heteroatoms. The van der Waals surface area contributed by atoms with E-state index >= 15 is 0 Å². The fraction of sp³-hybridized carbons (Fsp3) is 0.444. The molecule has 1 amide bonds. The molecule has 0 bridgehead atoms. The van der Waals surface area contributed by atoms with Crippen LogP contribution in [0.2, 0.25) is 0 Å². The van der Waals surface area contributed by atoms with E-state index < -0.39 is 0 Å². The lowest BCUT2D eigenvalue weighted by atomic mass is 10.1. The maximum Gasteiger partial charge on any atom is 0.287 e. The molecule has 0 spiro atoms. The molecule has 2 aromatic rings. The molecule has 0 atom stereocenters. The fourth-order valence-electron chi connectivity index (χ4n) is 2.41. The average Bonchev–Trinajstić information content (AvgIpc) is 2.54. The number of carbonyl (C=O) groups is 1.